The average molecular weight is 1400 g/mol. The molecule has 0 aliphatic carbocycles. The van der Waals surface area contributed by atoms with Gasteiger partial charge < -0.3 is 122 Å². The standard InChI is InChI=1S/C58H92N16O24/c1-6-26(2)45(73-51(91)33(9-7-8-20-59)65-53(93)37(22-42(61)82)68-48(88)27(3)63-29(5)79)57(97)72-39(24-76)55(95)69-36(21-30-10-12-31(80)13-11-30)52(92)66-34(14-17-41(60)81)49(89)70-38(23-75)54(94)67-35(16-19-44(85)86)50(90)71-40(25-77)56(96)74-46(28(4)78)58(98)64-32(47(62)87)15-18-43(83)84/h10-13,26-28,32-40,45-46,75-78,80H,6-9,14-25,59H2,1-5H3,(H2,60,81)(H2,61,82)(H2,62,87)(H,63,79)(H,64,98)(H,65,93)(H,66,92)(H,67,94)(H,68,88)(H,69,95)(H,70,89)(H,71,90)(H,72,97)(H,73,91)(H,74,96)(H,83,84)(H,85,86)/t26-,27-,28+,32-,33-,34-,35-,36-,37-,38-,39-,40-,45-,46-/m0/s1. The van der Waals surface area contributed by atoms with E-state index in [4.69, 9.17) is 28.0 Å². The largest absolute Gasteiger partial charge is 0.508 e. The average Bonchev–Trinajstić information content (AvgIpc) is 0.871. The molecule has 0 saturated heterocycles. The van der Waals surface area contributed by atoms with Crippen LogP contribution in [0.15, 0.2) is 24.3 Å². The number of phenolic OH excluding ortho intramolecular Hbond substituents is 1. The number of nitrogens with two attached hydrogens (primary N) is 4. The van der Waals surface area contributed by atoms with Crippen molar-refractivity contribution < 1.29 is 117 Å². The number of primary amides is 3. The molecular formula is C58H92N16O24. The fourth-order valence-electron chi connectivity index (χ4n) is 8.92. The van der Waals surface area contributed by atoms with Crippen LogP contribution in [0.4, 0.5) is 0 Å². The van der Waals surface area contributed by atoms with E-state index in [0.717, 1.165) is 13.8 Å². The number of aliphatic hydroxyl groups is 4. The number of nitrogens with one attached hydrogen (secondary N) is 12. The van der Waals surface area contributed by atoms with Crippen LogP contribution in [0, 0.1) is 5.92 Å². The number of amides is 15. The van der Waals surface area contributed by atoms with Gasteiger partial charge in [-0.05, 0) is 82.5 Å². The van der Waals surface area contributed by atoms with Gasteiger partial charge in [0.05, 0.1) is 32.3 Å². The number of carbonyl (C=O) groups excluding carboxylic acids is 15. The van der Waals surface area contributed by atoms with Crippen molar-refractivity contribution in [2.24, 2.45) is 28.9 Å². The summed E-state index contributed by atoms with van der Waals surface area (Å²) in [5, 5.41) is 96.7. The Hall–Kier alpha value is -10.2. The van der Waals surface area contributed by atoms with E-state index in [1.165, 1.54) is 38.1 Å². The van der Waals surface area contributed by atoms with E-state index < -0.39 is 256 Å². The van der Waals surface area contributed by atoms with E-state index in [-0.39, 0.29) is 37.1 Å². The molecule has 0 fully saturated rings. The second kappa shape index (κ2) is 43.8. The summed E-state index contributed by atoms with van der Waals surface area (Å²) < 4.78 is 0. The molecule has 0 radical (unpaired) electrons. The normalized spacial score (nSPS) is 15.2. The lowest BCUT2D eigenvalue weighted by Crippen LogP contribution is -2.62. The van der Waals surface area contributed by atoms with Crippen LogP contribution in [0.3, 0.4) is 0 Å². The summed E-state index contributed by atoms with van der Waals surface area (Å²) in [6.45, 7) is 3.01. The van der Waals surface area contributed by atoms with Gasteiger partial charge in [-0.2, -0.15) is 0 Å². The van der Waals surface area contributed by atoms with Gasteiger partial charge in [0, 0.05) is 32.6 Å². The van der Waals surface area contributed by atoms with E-state index in [0.29, 0.717) is 6.42 Å². The van der Waals surface area contributed by atoms with Crippen LogP contribution in [-0.4, -0.2) is 241 Å². The molecule has 40 heteroatoms. The quantitative estimate of drug-likeness (QED) is 0.0270. The Bertz CT molecular complexity index is 2980. The lowest BCUT2D eigenvalue weighted by atomic mass is 9.97. The highest BCUT2D eigenvalue weighted by Gasteiger charge is 2.38. The van der Waals surface area contributed by atoms with E-state index in [9.17, 15) is 112 Å². The topological polar surface area (TPSA) is 680 Å². The molecule has 0 aromatic heterocycles. The SMILES string of the molecule is CC[C@H](C)[C@H](NC(=O)[C@H](CCCCN)NC(=O)[C@H](CC(N)=O)NC(=O)[C@H](C)NC(C)=O)C(=O)N[C@@H](CO)C(=O)N[C@@H](Cc1ccc(O)cc1)C(=O)N[C@@H](CCC(N)=O)C(=O)N[C@@H](CO)C(=O)N[C@@H](CCC(=O)O)C(=O)N[C@@H](CO)C(=O)N[C@H](C(=O)N[C@@H](CCC(=O)O)C(N)=O)[C@@H](C)O. The summed E-state index contributed by atoms with van der Waals surface area (Å²) in [5.74, 6) is -21.1. The van der Waals surface area contributed by atoms with E-state index in [1.54, 1.807) is 6.92 Å². The molecule has 0 heterocycles. The molecule has 40 nitrogen and oxygen atoms in total. The molecular weight excluding hydrogens is 1300 g/mol. The maximum atomic E-state index is 14.4. The molecule has 0 saturated carbocycles. The Kier molecular flexibility index (Phi) is 38.4. The molecule has 98 heavy (non-hydrogen) atoms. The van der Waals surface area contributed by atoms with Gasteiger partial charge in [0.2, 0.25) is 88.6 Å². The van der Waals surface area contributed by atoms with Crippen molar-refractivity contribution in [1.82, 2.24) is 63.8 Å². The van der Waals surface area contributed by atoms with E-state index in [2.05, 4.69) is 53.2 Å². The maximum absolute atomic E-state index is 14.4. The third-order valence-electron chi connectivity index (χ3n) is 14.6. The first-order valence-corrected chi connectivity index (χ1v) is 30.8. The highest BCUT2D eigenvalue weighted by atomic mass is 16.4. The smallest absolute Gasteiger partial charge is 0.303 e. The number of hydrogen-bond acceptors (Lipinski definition) is 23. The van der Waals surface area contributed by atoms with Crippen molar-refractivity contribution in [3.05, 3.63) is 29.8 Å². The number of carboxylic acids is 2. The first kappa shape index (κ1) is 85.8. The lowest BCUT2D eigenvalue weighted by molar-refractivity contribution is -0.140. The molecule has 0 aliphatic rings. The Balaban J connectivity index is 3.61. The van der Waals surface area contributed by atoms with Crippen LogP contribution >= 0.6 is 0 Å². The lowest BCUT2D eigenvalue weighted by Gasteiger charge is -2.29. The van der Waals surface area contributed by atoms with Crippen molar-refractivity contribution in [2.45, 2.75) is 190 Å². The number of unbranched alkanes of at least 4 members (excludes halogenated alkanes) is 1. The van der Waals surface area contributed by atoms with Crippen molar-refractivity contribution in [3.63, 3.8) is 0 Å². The number of aromatic hydroxyl groups is 1. The highest BCUT2D eigenvalue weighted by Crippen LogP contribution is 2.15. The molecule has 1 aromatic rings. The zero-order valence-electron chi connectivity index (χ0n) is 54.6. The van der Waals surface area contributed by atoms with Crippen molar-refractivity contribution in [1.29, 1.82) is 0 Å². The van der Waals surface area contributed by atoms with Crippen LogP contribution in [0.1, 0.15) is 111 Å². The van der Waals surface area contributed by atoms with Crippen molar-refractivity contribution in [2.75, 3.05) is 26.4 Å². The van der Waals surface area contributed by atoms with Crippen LogP contribution in [0.25, 0.3) is 0 Å². The number of benzene rings is 1. The monoisotopic (exact) mass is 1400 g/mol. The molecule has 27 N–H and O–H groups in total. The van der Waals surface area contributed by atoms with Gasteiger partial charge in [0.25, 0.3) is 0 Å². The van der Waals surface area contributed by atoms with Crippen LogP contribution in [-0.2, 0) is 87.9 Å². The minimum absolute atomic E-state index is 0.111. The van der Waals surface area contributed by atoms with E-state index in [1.807, 2.05) is 10.6 Å². The van der Waals surface area contributed by atoms with Gasteiger partial charge in [-0.1, -0.05) is 32.4 Å². The summed E-state index contributed by atoms with van der Waals surface area (Å²) >= 11 is 0. The second-order valence-electron chi connectivity index (χ2n) is 22.7. The van der Waals surface area contributed by atoms with Crippen LogP contribution in [0.5, 0.6) is 5.75 Å². The predicted octanol–water partition coefficient (Wildman–Crippen LogP) is -10.3. The number of rotatable bonds is 47. The van der Waals surface area contributed by atoms with E-state index >= 15 is 0 Å². The molecule has 0 aliphatic heterocycles. The first-order valence-electron chi connectivity index (χ1n) is 30.8. The van der Waals surface area contributed by atoms with Crippen molar-refractivity contribution >= 4 is 101 Å². The van der Waals surface area contributed by atoms with Gasteiger partial charge >= 0.3 is 11.9 Å². The van der Waals surface area contributed by atoms with Gasteiger partial charge in [-0.25, -0.2) is 0 Å². The Morgan fingerprint density at radius 3 is 1.22 bits per heavy atom. The number of aliphatic hydroxyl groups excluding tert-OH is 4. The maximum Gasteiger partial charge on any atom is 0.303 e. The zero-order chi connectivity index (χ0) is 74.7. The number of phenols is 1. The van der Waals surface area contributed by atoms with Crippen LogP contribution in [0.2, 0.25) is 0 Å². The first-order chi connectivity index (χ1) is 45.9. The summed E-state index contributed by atoms with van der Waals surface area (Å²) in [6, 6.07) is -16.1. The summed E-state index contributed by atoms with van der Waals surface area (Å²) in [5.41, 5.74) is 21.9. The Morgan fingerprint density at radius 2 is 0.796 bits per heavy atom. The minimum atomic E-state index is -2.10. The summed E-state index contributed by atoms with van der Waals surface area (Å²) in [7, 11) is 0. The molecule has 14 atom stereocenters. The summed E-state index contributed by atoms with van der Waals surface area (Å²) in [6.07, 6.45) is -6.48. The fraction of sp³-hybridized carbons (Fsp3) is 0.603. The van der Waals surface area contributed by atoms with Crippen molar-refractivity contribution in [3.8, 4) is 5.75 Å². The number of carbonyl (C=O) groups is 17. The third-order valence-corrected chi connectivity index (χ3v) is 14.6. The minimum Gasteiger partial charge on any atom is -0.508 e. The van der Waals surface area contributed by atoms with Gasteiger partial charge in [0.15, 0.2) is 0 Å². The molecule has 548 valence electrons. The molecule has 0 unspecified atom stereocenters. The third kappa shape index (κ3) is 31.6. The van der Waals surface area contributed by atoms with Gasteiger partial charge in [0.1, 0.15) is 78.3 Å². The Morgan fingerprint density at radius 1 is 0.429 bits per heavy atom. The predicted molar refractivity (Wildman–Crippen MR) is 337 cm³/mol. The number of hydrogen-bond donors (Lipinski definition) is 23. The second-order valence-corrected chi connectivity index (χ2v) is 22.7. The molecule has 15 amide bonds. The van der Waals surface area contributed by atoms with Gasteiger partial charge in [-0.3, -0.25) is 81.5 Å². The van der Waals surface area contributed by atoms with Crippen LogP contribution < -0.4 is 86.7 Å². The molecule has 1 aromatic carbocycles. The zero-order valence-corrected chi connectivity index (χ0v) is 54.6. The highest BCUT2D eigenvalue weighted by molar-refractivity contribution is 6.00. The fourth-order valence-corrected chi connectivity index (χ4v) is 8.92. The number of aliphatic carboxylic acids is 2. The molecule has 1 rings (SSSR count). The molecule has 0 spiro atoms. The molecule has 0 bridgehead atoms. The Labute approximate surface area is 561 Å². The number of carboxylic acid groups (broad SMARTS) is 2. The summed E-state index contributed by atoms with van der Waals surface area (Å²) in [4.78, 5) is 221. The van der Waals surface area contributed by atoms with Gasteiger partial charge in [-0.15, -0.1) is 0 Å².